The number of ether oxygens (including phenoxy) is 3. The molecule has 1 saturated heterocycles. The molecule has 1 amide bonds. The fraction of sp³-hybridized carbons (Fsp3) is 0.448. The van der Waals surface area contributed by atoms with Gasteiger partial charge in [0, 0.05) is 30.6 Å². The lowest BCUT2D eigenvalue weighted by Crippen LogP contribution is -2.48. The van der Waals surface area contributed by atoms with Crippen molar-refractivity contribution in [3.05, 3.63) is 63.9 Å². The van der Waals surface area contributed by atoms with E-state index in [4.69, 9.17) is 19.9 Å². The molecule has 0 aliphatic carbocycles. The lowest BCUT2D eigenvalue weighted by Gasteiger charge is -2.40. The summed E-state index contributed by atoms with van der Waals surface area (Å²) >= 11 is 0. The van der Waals surface area contributed by atoms with Crippen LogP contribution in [0.15, 0.2) is 47.3 Å². The van der Waals surface area contributed by atoms with E-state index < -0.39 is 5.41 Å². The zero-order valence-corrected chi connectivity index (χ0v) is 21.6. The lowest BCUT2D eigenvalue weighted by atomic mass is 9.75. The fourth-order valence-corrected chi connectivity index (χ4v) is 5.57. The zero-order chi connectivity index (χ0) is 26.0. The van der Waals surface area contributed by atoms with Crippen molar-refractivity contribution in [3.8, 4) is 17.2 Å². The summed E-state index contributed by atoms with van der Waals surface area (Å²) in [6.45, 7) is 6.03. The third-order valence-corrected chi connectivity index (χ3v) is 8.00. The van der Waals surface area contributed by atoms with E-state index in [0.29, 0.717) is 44.8 Å². The van der Waals surface area contributed by atoms with Crippen LogP contribution in [0.1, 0.15) is 30.4 Å². The van der Waals surface area contributed by atoms with Crippen molar-refractivity contribution in [2.45, 2.75) is 39.2 Å². The maximum atomic E-state index is 12.9. The Kier molecular flexibility index (Phi) is 7.11. The van der Waals surface area contributed by atoms with Crippen molar-refractivity contribution in [2.75, 3.05) is 40.0 Å². The second-order valence-electron chi connectivity index (χ2n) is 10.2. The zero-order valence-electron chi connectivity index (χ0n) is 21.6. The van der Waals surface area contributed by atoms with Crippen LogP contribution in [0.4, 0.5) is 0 Å². The Hall–Kier alpha value is -3.52. The summed E-state index contributed by atoms with van der Waals surface area (Å²) in [5.41, 5.74) is 8.23. The number of amides is 1. The second-order valence-corrected chi connectivity index (χ2v) is 10.2. The van der Waals surface area contributed by atoms with Gasteiger partial charge in [0.15, 0.2) is 11.5 Å². The first-order valence-electron chi connectivity index (χ1n) is 13.0. The van der Waals surface area contributed by atoms with Gasteiger partial charge in [-0.1, -0.05) is 6.07 Å². The highest BCUT2D eigenvalue weighted by Crippen LogP contribution is 2.36. The predicted molar refractivity (Wildman–Crippen MR) is 143 cm³/mol. The number of fused-ring (bicyclic) bond motifs is 2. The van der Waals surface area contributed by atoms with Crippen molar-refractivity contribution < 1.29 is 19.0 Å². The number of methoxy groups -OCH3 is 1. The highest BCUT2D eigenvalue weighted by atomic mass is 16.6. The molecule has 0 unspecified atom stereocenters. The molecule has 5 rings (SSSR count). The van der Waals surface area contributed by atoms with Gasteiger partial charge in [0.1, 0.15) is 19.0 Å². The molecular formula is C29H35N3O5. The van der Waals surface area contributed by atoms with Crippen LogP contribution in [-0.2, 0) is 17.8 Å². The summed E-state index contributed by atoms with van der Waals surface area (Å²) in [4.78, 5) is 28.0. The molecule has 8 nitrogen and oxygen atoms in total. The molecule has 0 radical (unpaired) electrons. The number of hydrogen-bond acceptors (Lipinski definition) is 6. The number of piperidine rings is 1. The molecular weight excluding hydrogens is 470 g/mol. The standard InChI is InChI=1S/C29H35N3O5/c1-20-17-27(33)32(24-19-22(35-2)4-5-23(20)24)14-10-29(28(30)34)8-12-31(13-9-29)11-7-21-3-6-25-26(18-21)37-16-15-36-25/h3-6,17-19H,7-16H2,1-2H3,(H2,30,34). The number of carbonyl (C=O) groups is 1. The Morgan fingerprint density at radius 2 is 1.78 bits per heavy atom. The number of likely N-dealkylation sites (tertiary alicyclic amines) is 1. The Balaban J connectivity index is 1.25. The topological polar surface area (TPSA) is 96.0 Å². The molecule has 3 heterocycles. The molecule has 1 aromatic heterocycles. The highest BCUT2D eigenvalue weighted by molar-refractivity contribution is 5.84. The van der Waals surface area contributed by atoms with Crippen LogP contribution in [-0.4, -0.2) is 55.3 Å². The van der Waals surface area contributed by atoms with E-state index in [1.807, 2.05) is 31.2 Å². The van der Waals surface area contributed by atoms with E-state index >= 15 is 0 Å². The monoisotopic (exact) mass is 505 g/mol. The van der Waals surface area contributed by atoms with Crippen molar-refractivity contribution in [3.63, 3.8) is 0 Å². The number of nitrogens with two attached hydrogens (primary N) is 1. The summed E-state index contributed by atoms with van der Waals surface area (Å²) < 4.78 is 18.5. The summed E-state index contributed by atoms with van der Waals surface area (Å²) in [6, 6.07) is 13.5. The van der Waals surface area contributed by atoms with Gasteiger partial charge in [-0.2, -0.15) is 0 Å². The van der Waals surface area contributed by atoms with Gasteiger partial charge in [0.05, 0.1) is 18.0 Å². The van der Waals surface area contributed by atoms with E-state index in [1.165, 1.54) is 5.56 Å². The van der Waals surface area contributed by atoms with Crippen LogP contribution < -0.4 is 25.5 Å². The van der Waals surface area contributed by atoms with Gasteiger partial charge in [0.2, 0.25) is 5.91 Å². The lowest BCUT2D eigenvalue weighted by molar-refractivity contribution is -0.131. The Morgan fingerprint density at radius 1 is 1.03 bits per heavy atom. The van der Waals surface area contributed by atoms with Crippen LogP contribution in [0.2, 0.25) is 0 Å². The number of aryl methyl sites for hydroxylation is 2. The molecule has 8 heteroatoms. The number of benzene rings is 2. The van der Waals surface area contributed by atoms with Gasteiger partial charge in [-0.3, -0.25) is 9.59 Å². The summed E-state index contributed by atoms with van der Waals surface area (Å²) in [5.74, 6) is 2.04. The maximum Gasteiger partial charge on any atom is 0.251 e. The van der Waals surface area contributed by atoms with Gasteiger partial charge >= 0.3 is 0 Å². The van der Waals surface area contributed by atoms with Gasteiger partial charge in [-0.15, -0.1) is 0 Å². The van der Waals surface area contributed by atoms with E-state index in [2.05, 4.69) is 17.0 Å². The average molecular weight is 506 g/mol. The molecule has 0 bridgehead atoms. The molecule has 2 aromatic carbocycles. The molecule has 2 aliphatic heterocycles. The van der Waals surface area contributed by atoms with Crippen LogP contribution in [0.25, 0.3) is 10.9 Å². The highest BCUT2D eigenvalue weighted by Gasteiger charge is 2.39. The number of aromatic nitrogens is 1. The molecule has 196 valence electrons. The normalized spacial score (nSPS) is 17.0. The van der Waals surface area contributed by atoms with Crippen molar-refractivity contribution in [2.24, 2.45) is 11.1 Å². The number of rotatable bonds is 8. The first-order chi connectivity index (χ1) is 17.9. The third kappa shape index (κ3) is 5.16. The first kappa shape index (κ1) is 25.1. The molecule has 0 saturated carbocycles. The number of carbonyl (C=O) groups excluding carboxylic acids is 1. The van der Waals surface area contributed by atoms with Gasteiger partial charge in [0.25, 0.3) is 5.56 Å². The van der Waals surface area contributed by atoms with Crippen molar-refractivity contribution in [1.29, 1.82) is 0 Å². The van der Waals surface area contributed by atoms with Crippen LogP contribution >= 0.6 is 0 Å². The Morgan fingerprint density at radius 3 is 2.51 bits per heavy atom. The summed E-state index contributed by atoms with van der Waals surface area (Å²) in [5, 5.41) is 1.00. The minimum absolute atomic E-state index is 0.0743. The Bertz CT molecular complexity index is 1360. The molecule has 2 aliphatic rings. The Labute approximate surface area is 216 Å². The number of nitrogens with zero attached hydrogens (tertiary/aromatic N) is 2. The van der Waals surface area contributed by atoms with E-state index in [9.17, 15) is 9.59 Å². The molecule has 3 aromatic rings. The summed E-state index contributed by atoms with van der Waals surface area (Å²) in [6.07, 6.45) is 2.80. The molecule has 2 N–H and O–H groups in total. The van der Waals surface area contributed by atoms with E-state index in [-0.39, 0.29) is 11.5 Å². The largest absolute Gasteiger partial charge is 0.497 e. The van der Waals surface area contributed by atoms with Crippen LogP contribution in [0.3, 0.4) is 0 Å². The first-order valence-corrected chi connectivity index (χ1v) is 13.0. The number of hydrogen-bond donors (Lipinski definition) is 1. The van der Waals surface area contributed by atoms with E-state index in [0.717, 1.165) is 54.0 Å². The smallest absolute Gasteiger partial charge is 0.251 e. The quantitative estimate of drug-likeness (QED) is 0.505. The minimum Gasteiger partial charge on any atom is -0.497 e. The van der Waals surface area contributed by atoms with Gasteiger partial charge in [-0.25, -0.2) is 0 Å². The van der Waals surface area contributed by atoms with Crippen LogP contribution in [0.5, 0.6) is 17.2 Å². The van der Waals surface area contributed by atoms with Gasteiger partial charge in [-0.05, 0) is 81.1 Å². The average Bonchev–Trinajstić information content (AvgIpc) is 2.91. The molecule has 1 fully saturated rings. The fourth-order valence-electron chi connectivity index (χ4n) is 5.57. The number of primary amides is 1. The van der Waals surface area contributed by atoms with Crippen LogP contribution in [0, 0.1) is 12.3 Å². The van der Waals surface area contributed by atoms with E-state index in [1.54, 1.807) is 17.7 Å². The molecule has 37 heavy (non-hydrogen) atoms. The number of pyridine rings is 1. The molecule has 0 spiro atoms. The summed E-state index contributed by atoms with van der Waals surface area (Å²) in [7, 11) is 1.61. The van der Waals surface area contributed by atoms with Crippen molar-refractivity contribution >= 4 is 16.8 Å². The molecule has 0 atom stereocenters. The van der Waals surface area contributed by atoms with Crippen molar-refractivity contribution in [1.82, 2.24) is 9.47 Å². The van der Waals surface area contributed by atoms with Gasteiger partial charge < -0.3 is 29.4 Å². The minimum atomic E-state index is -0.622. The predicted octanol–water partition coefficient (Wildman–Crippen LogP) is 3.29. The SMILES string of the molecule is COc1ccc2c(C)cc(=O)n(CCC3(C(N)=O)CCN(CCc4ccc5c(c4)OCCO5)CC3)c2c1. The third-order valence-electron chi connectivity index (χ3n) is 8.00. The second kappa shape index (κ2) is 10.5. The maximum absolute atomic E-state index is 12.9.